The molecule has 0 unspecified atom stereocenters. The molecule has 0 saturated carbocycles. The Kier molecular flexibility index (Phi) is 4.83. The summed E-state index contributed by atoms with van der Waals surface area (Å²) < 4.78 is 12.9. The van der Waals surface area contributed by atoms with Gasteiger partial charge in [0.15, 0.2) is 0 Å². The van der Waals surface area contributed by atoms with Gasteiger partial charge in [0.2, 0.25) is 0 Å². The van der Waals surface area contributed by atoms with Crippen molar-refractivity contribution in [2.75, 3.05) is 31.5 Å². The van der Waals surface area contributed by atoms with Crippen molar-refractivity contribution in [3.05, 3.63) is 60.2 Å². The molecule has 0 radical (unpaired) electrons. The Morgan fingerprint density at radius 3 is 2.52 bits per heavy atom. The third-order valence-corrected chi connectivity index (χ3v) is 3.88. The van der Waals surface area contributed by atoms with Crippen molar-refractivity contribution in [1.29, 1.82) is 0 Å². The van der Waals surface area contributed by atoms with Crippen LogP contribution in [0.1, 0.15) is 5.56 Å². The lowest BCUT2D eigenvalue weighted by Gasteiger charge is -2.34. The Labute approximate surface area is 134 Å². The Morgan fingerprint density at radius 2 is 1.87 bits per heavy atom. The maximum Gasteiger partial charge on any atom is 0.321 e. The Balaban J connectivity index is 1.48. The topological polar surface area (TPSA) is 48.5 Å². The standard InChI is InChI=1S/C17H19FN4O/c18-15-3-5-16(6-4-15)20-17(23)22-10-8-21(9-11-22)13-14-2-1-7-19-12-14/h1-7,12H,8-11,13H2,(H,20,23). The zero-order valence-corrected chi connectivity index (χ0v) is 12.8. The van der Waals surface area contributed by atoms with Crippen molar-refractivity contribution in [2.45, 2.75) is 6.54 Å². The molecule has 3 rings (SSSR count). The lowest BCUT2D eigenvalue weighted by molar-refractivity contribution is 0.143. The van der Waals surface area contributed by atoms with Crippen LogP contribution in [-0.2, 0) is 6.54 Å². The molecule has 2 amide bonds. The number of rotatable bonds is 3. The molecule has 1 aromatic carbocycles. The van der Waals surface area contributed by atoms with Crippen molar-refractivity contribution in [3.8, 4) is 0 Å². The van der Waals surface area contributed by atoms with E-state index in [-0.39, 0.29) is 11.8 Å². The molecule has 5 nitrogen and oxygen atoms in total. The molecule has 120 valence electrons. The maximum atomic E-state index is 12.9. The summed E-state index contributed by atoms with van der Waals surface area (Å²) in [4.78, 5) is 20.4. The van der Waals surface area contributed by atoms with E-state index in [9.17, 15) is 9.18 Å². The van der Waals surface area contributed by atoms with E-state index in [2.05, 4.69) is 21.3 Å². The molecule has 1 aromatic heterocycles. The summed E-state index contributed by atoms with van der Waals surface area (Å²) in [6, 6.07) is 9.64. The van der Waals surface area contributed by atoms with Gasteiger partial charge >= 0.3 is 6.03 Å². The number of urea groups is 1. The number of carbonyl (C=O) groups excluding carboxylic acids is 1. The Bertz CT molecular complexity index is 639. The number of nitrogens with zero attached hydrogens (tertiary/aromatic N) is 3. The van der Waals surface area contributed by atoms with Gasteiger partial charge in [-0.25, -0.2) is 9.18 Å². The molecule has 1 aliphatic heterocycles. The lowest BCUT2D eigenvalue weighted by atomic mass is 10.2. The van der Waals surface area contributed by atoms with Crippen molar-refractivity contribution in [2.24, 2.45) is 0 Å². The number of anilines is 1. The molecule has 1 fully saturated rings. The van der Waals surface area contributed by atoms with Crippen LogP contribution in [0.4, 0.5) is 14.9 Å². The summed E-state index contributed by atoms with van der Waals surface area (Å²) >= 11 is 0. The van der Waals surface area contributed by atoms with Gasteiger partial charge in [-0.3, -0.25) is 9.88 Å². The molecule has 1 aliphatic rings. The van der Waals surface area contributed by atoms with Crippen LogP contribution in [-0.4, -0.2) is 47.0 Å². The molecule has 1 saturated heterocycles. The SMILES string of the molecule is O=C(Nc1ccc(F)cc1)N1CCN(Cc2cccnc2)CC1. The van der Waals surface area contributed by atoms with Gasteiger partial charge in [0, 0.05) is 50.8 Å². The Hall–Kier alpha value is -2.47. The van der Waals surface area contributed by atoms with E-state index in [1.165, 1.54) is 17.7 Å². The van der Waals surface area contributed by atoms with E-state index in [0.29, 0.717) is 18.8 Å². The van der Waals surface area contributed by atoms with Crippen molar-refractivity contribution in [3.63, 3.8) is 0 Å². The number of carbonyl (C=O) groups is 1. The smallest absolute Gasteiger partial charge is 0.321 e. The highest BCUT2D eigenvalue weighted by molar-refractivity contribution is 5.89. The predicted octanol–water partition coefficient (Wildman–Crippen LogP) is 2.57. The largest absolute Gasteiger partial charge is 0.322 e. The second-order valence-corrected chi connectivity index (χ2v) is 5.56. The molecule has 0 aliphatic carbocycles. The summed E-state index contributed by atoms with van der Waals surface area (Å²) in [6.07, 6.45) is 3.63. The highest BCUT2D eigenvalue weighted by Gasteiger charge is 2.21. The lowest BCUT2D eigenvalue weighted by Crippen LogP contribution is -2.49. The minimum atomic E-state index is -0.313. The van der Waals surface area contributed by atoms with Crippen LogP contribution in [0.15, 0.2) is 48.8 Å². The molecule has 23 heavy (non-hydrogen) atoms. The van der Waals surface area contributed by atoms with E-state index in [4.69, 9.17) is 0 Å². The minimum Gasteiger partial charge on any atom is -0.322 e. The predicted molar refractivity (Wildman–Crippen MR) is 86.5 cm³/mol. The first-order valence-electron chi connectivity index (χ1n) is 7.63. The van der Waals surface area contributed by atoms with Gasteiger partial charge < -0.3 is 10.2 Å². The fourth-order valence-corrected chi connectivity index (χ4v) is 2.59. The average Bonchev–Trinajstić information content (AvgIpc) is 2.58. The number of benzene rings is 1. The van der Waals surface area contributed by atoms with E-state index < -0.39 is 0 Å². The Morgan fingerprint density at radius 1 is 1.13 bits per heavy atom. The third-order valence-electron chi connectivity index (χ3n) is 3.88. The molecule has 0 spiro atoms. The summed E-state index contributed by atoms with van der Waals surface area (Å²) in [5.74, 6) is -0.313. The molecule has 0 bridgehead atoms. The number of halogens is 1. The summed E-state index contributed by atoms with van der Waals surface area (Å²) in [5.41, 5.74) is 1.78. The first-order chi connectivity index (χ1) is 11.2. The number of pyridine rings is 1. The zero-order valence-electron chi connectivity index (χ0n) is 12.8. The normalized spacial score (nSPS) is 15.4. The summed E-state index contributed by atoms with van der Waals surface area (Å²) in [5, 5.41) is 2.80. The van der Waals surface area contributed by atoms with Gasteiger partial charge in [-0.05, 0) is 35.9 Å². The van der Waals surface area contributed by atoms with Gasteiger partial charge in [-0.1, -0.05) is 6.07 Å². The van der Waals surface area contributed by atoms with Gasteiger partial charge in [-0.2, -0.15) is 0 Å². The van der Waals surface area contributed by atoms with Crippen LogP contribution in [0.3, 0.4) is 0 Å². The minimum absolute atomic E-state index is 0.141. The molecule has 6 heteroatoms. The highest BCUT2D eigenvalue weighted by Crippen LogP contribution is 2.12. The number of amides is 2. The molecular weight excluding hydrogens is 295 g/mol. The van der Waals surface area contributed by atoms with Crippen LogP contribution in [0.5, 0.6) is 0 Å². The summed E-state index contributed by atoms with van der Waals surface area (Å²) in [7, 11) is 0. The van der Waals surface area contributed by atoms with Crippen LogP contribution in [0, 0.1) is 5.82 Å². The molecular formula is C17H19FN4O. The number of hydrogen-bond acceptors (Lipinski definition) is 3. The monoisotopic (exact) mass is 314 g/mol. The van der Waals surface area contributed by atoms with E-state index in [1.807, 2.05) is 12.3 Å². The van der Waals surface area contributed by atoms with Gasteiger partial charge in [-0.15, -0.1) is 0 Å². The number of hydrogen-bond donors (Lipinski definition) is 1. The molecule has 1 N–H and O–H groups in total. The van der Waals surface area contributed by atoms with Gasteiger partial charge in [0.05, 0.1) is 0 Å². The zero-order chi connectivity index (χ0) is 16.1. The van der Waals surface area contributed by atoms with E-state index >= 15 is 0 Å². The van der Waals surface area contributed by atoms with Crippen LogP contribution >= 0.6 is 0 Å². The van der Waals surface area contributed by atoms with Crippen molar-refractivity contribution >= 4 is 11.7 Å². The number of piperazine rings is 1. The molecule has 2 heterocycles. The first-order valence-corrected chi connectivity index (χ1v) is 7.63. The van der Waals surface area contributed by atoms with Crippen LogP contribution in [0.25, 0.3) is 0 Å². The van der Waals surface area contributed by atoms with Crippen molar-refractivity contribution < 1.29 is 9.18 Å². The second kappa shape index (κ2) is 7.19. The fraction of sp³-hybridized carbons (Fsp3) is 0.294. The summed E-state index contributed by atoms with van der Waals surface area (Å²) in [6.45, 7) is 3.85. The van der Waals surface area contributed by atoms with Gasteiger partial charge in [0.1, 0.15) is 5.82 Å². The first kappa shape index (κ1) is 15.4. The fourth-order valence-electron chi connectivity index (χ4n) is 2.59. The van der Waals surface area contributed by atoms with Crippen molar-refractivity contribution in [1.82, 2.24) is 14.8 Å². The molecule has 2 aromatic rings. The van der Waals surface area contributed by atoms with Gasteiger partial charge in [0.25, 0.3) is 0 Å². The maximum absolute atomic E-state index is 12.9. The third kappa shape index (κ3) is 4.26. The number of aromatic nitrogens is 1. The van der Waals surface area contributed by atoms with E-state index in [0.717, 1.165) is 19.6 Å². The molecule has 0 atom stereocenters. The van der Waals surface area contributed by atoms with E-state index in [1.54, 1.807) is 23.2 Å². The second-order valence-electron chi connectivity index (χ2n) is 5.56. The quantitative estimate of drug-likeness (QED) is 0.947. The van der Waals surface area contributed by atoms with Crippen LogP contribution < -0.4 is 5.32 Å². The number of nitrogens with one attached hydrogen (secondary N) is 1. The average molecular weight is 314 g/mol. The van der Waals surface area contributed by atoms with Crippen LogP contribution in [0.2, 0.25) is 0 Å². The highest BCUT2D eigenvalue weighted by atomic mass is 19.1.